The van der Waals surface area contributed by atoms with Gasteiger partial charge in [0.05, 0.1) is 12.1 Å². The molecule has 0 radical (unpaired) electrons. The third-order valence-corrected chi connectivity index (χ3v) is 1.87. The Morgan fingerprint density at radius 1 is 1.57 bits per heavy atom. The summed E-state index contributed by atoms with van der Waals surface area (Å²) in [6, 6.07) is 5.21. The Morgan fingerprint density at radius 3 is 3.14 bits per heavy atom. The van der Waals surface area contributed by atoms with Crippen molar-refractivity contribution >= 4 is 16.7 Å². The van der Waals surface area contributed by atoms with Crippen LogP contribution >= 0.6 is 0 Å². The quantitative estimate of drug-likeness (QED) is 0.496. The van der Waals surface area contributed by atoms with Crippen LogP contribution in [-0.4, -0.2) is 15.0 Å². The molecule has 2 rings (SSSR count). The minimum atomic E-state index is 0.373. The Labute approximate surface area is 81.0 Å². The highest BCUT2D eigenvalue weighted by Gasteiger charge is 2.03. The molecule has 0 fully saturated rings. The van der Waals surface area contributed by atoms with E-state index in [1.54, 1.807) is 22.9 Å². The van der Waals surface area contributed by atoms with Crippen LogP contribution in [0.15, 0.2) is 18.2 Å². The second-order valence-corrected chi connectivity index (χ2v) is 2.74. The molecule has 0 spiro atoms. The average molecular weight is 182 g/mol. The van der Waals surface area contributed by atoms with Crippen LogP contribution in [-0.2, 0) is 6.54 Å². The first kappa shape index (κ1) is 8.28. The van der Waals surface area contributed by atoms with Crippen molar-refractivity contribution in [3.8, 4) is 12.3 Å². The summed E-state index contributed by atoms with van der Waals surface area (Å²) in [5, 5.41) is 7.81. The fourth-order valence-electron chi connectivity index (χ4n) is 1.23. The van der Waals surface area contributed by atoms with Crippen LogP contribution < -0.4 is 0 Å². The fraction of sp³-hybridized carbons (Fsp3) is 0.100. The van der Waals surface area contributed by atoms with Gasteiger partial charge in [-0.2, -0.15) is 0 Å². The molecule has 0 unspecified atom stereocenters. The molecule has 0 amide bonds. The molecule has 1 heterocycles. The highest BCUT2D eigenvalue weighted by molar-refractivity contribution is 5.78. The first-order valence-electron chi connectivity index (χ1n) is 3.99. The maximum Gasteiger partial charge on any atom is 0.189 e. The number of hydrogen-bond acceptors (Lipinski definition) is 2. The standard InChI is InChI=1S/C10H6N4/c1-3-6-14-10-7-8(11-2)4-5-9(10)12-13-14/h1,4-5,7H,6H2. The van der Waals surface area contributed by atoms with Crippen molar-refractivity contribution in [3.63, 3.8) is 0 Å². The maximum absolute atomic E-state index is 6.88. The molecule has 0 aliphatic heterocycles. The SMILES string of the molecule is [C-]#[N+]c1ccc2nnn(CC#C)c2c1. The van der Waals surface area contributed by atoms with Gasteiger partial charge in [0.15, 0.2) is 5.69 Å². The Hall–Kier alpha value is -2.33. The van der Waals surface area contributed by atoms with Gasteiger partial charge in [-0.05, 0) is 12.1 Å². The highest BCUT2D eigenvalue weighted by Crippen LogP contribution is 2.18. The van der Waals surface area contributed by atoms with E-state index < -0.39 is 0 Å². The van der Waals surface area contributed by atoms with Gasteiger partial charge in [0, 0.05) is 0 Å². The largest absolute Gasteiger partial charge is 0.238 e. The van der Waals surface area contributed by atoms with Gasteiger partial charge in [0.2, 0.25) is 0 Å². The zero-order valence-corrected chi connectivity index (χ0v) is 7.31. The van der Waals surface area contributed by atoms with E-state index >= 15 is 0 Å². The molecular formula is C10H6N4. The van der Waals surface area contributed by atoms with Crippen LogP contribution in [0.4, 0.5) is 5.69 Å². The summed E-state index contributed by atoms with van der Waals surface area (Å²) >= 11 is 0. The molecule has 1 aromatic carbocycles. The summed E-state index contributed by atoms with van der Waals surface area (Å²) < 4.78 is 1.60. The van der Waals surface area contributed by atoms with Crippen LogP contribution in [0, 0.1) is 18.9 Å². The van der Waals surface area contributed by atoms with Crippen LogP contribution in [0.5, 0.6) is 0 Å². The van der Waals surface area contributed by atoms with E-state index in [1.165, 1.54) is 0 Å². The number of hydrogen-bond donors (Lipinski definition) is 0. The molecule has 0 atom stereocenters. The molecule has 0 saturated heterocycles. The summed E-state index contributed by atoms with van der Waals surface area (Å²) in [6.45, 7) is 7.25. The molecular weight excluding hydrogens is 176 g/mol. The highest BCUT2D eigenvalue weighted by atomic mass is 15.4. The van der Waals surface area contributed by atoms with Crippen molar-refractivity contribution in [1.82, 2.24) is 15.0 Å². The number of rotatable bonds is 1. The topological polar surface area (TPSA) is 35.1 Å². The van der Waals surface area contributed by atoms with Gasteiger partial charge in [-0.1, -0.05) is 17.2 Å². The summed E-state index contributed by atoms with van der Waals surface area (Å²) in [5.74, 6) is 2.48. The predicted octanol–water partition coefficient (Wildman–Crippen LogP) is 1.62. The van der Waals surface area contributed by atoms with E-state index in [2.05, 4.69) is 21.1 Å². The third kappa shape index (κ3) is 1.19. The normalized spacial score (nSPS) is 9.57. The number of benzene rings is 1. The van der Waals surface area contributed by atoms with Crippen molar-refractivity contribution in [2.45, 2.75) is 6.54 Å². The molecule has 0 aliphatic rings. The predicted molar refractivity (Wildman–Crippen MR) is 52.6 cm³/mol. The monoisotopic (exact) mass is 182 g/mol. The summed E-state index contributed by atoms with van der Waals surface area (Å²) in [4.78, 5) is 3.33. The summed E-state index contributed by atoms with van der Waals surface area (Å²) in [5.41, 5.74) is 2.13. The second kappa shape index (κ2) is 3.20. The second-order valence-electron chi connectivity index (χ2n) is 2.74. The Kier molecular flexibility index (Phi) is 1.89. The molecule has 0 N–H and O–H groups in total. The molecule has 4 heteroatoms. The van der Waals surface area contributed by atoms with Crippen molar-refractivity contribution in [3.05, 3.63) is 29.6 Å². The van der Waals surface area contributed by atoms with Crippen molar-refractivity contribution in [2.75, 3.05) is 0 Å². The average Bonchev–Trinajstić information content (AvgIpc) is 2.61. The third-order valence-electron chi connectivity index (χ3n) is 1.87. The van der Waals surface area contributed by atoms with E-state index in [9.17, 15) is 0 Å². The Morgan fingerprint density at radius 2 is 2.43 bits per heavy atom. The number of terminal acetylenes is 1. The van der Waals surface area contributed by atoms with E-state index in [0.717, 1.165) is 11.0 Å². The van der Waals surface area contributed by atoms with E-state index in [0.29, 0.717) is 12.2 Å². The molecule has 2 aromatic rings. The van der Waals surface area contributed by atoms with E-state index in [1.807, 2.05) is 0 Å². The fourth-order valence-corrected chi connectivity index (χ4v) is 1.23. The van der Waals surface area contributed by atoms with Gasteiger partial charge >= 0.3 is 0 Å². The van der Waals surface area contributed by atoms with E-state index in [4.69, 9.17) is 13.0 Å². The van der Waals surface area contributed by atoms with E-state index in [-0.39, 0.29) is 0 Å². The summed E-state index contributed by atoms with van der Waals surface area (Å²) in [7, 11) is 0. The van der Waals surface area contributed by atoms with Crippen LogP contribution in [0.3, 0.4) is 0 Å². The molecule has 1 aromatic heterocycles. The van der Waals surface area contributed by atoms with Gasteiger partial charge in [0.1, 0.15) is 12.1 Å². The lowest BCUT2D eigenvalue weighted by molar-refractivity contribution is 0.694. The molecule has 0 bridgehead atoms. The maximum atomic E-state index is 6.88. The minimum absolute atomic E-state index is 0.373. The van der Waals surface area contributed by atoms with Crippen molar-refractivity contribution in [2.24, 2.45) is 0 Å². The van der Waals surface area contributed by atoms with Gasteiger partial charge in [-0.15, -0.1) is 11.5 Å². The lowest BCUT2D eigenvalue weighted by Crippen LogP contribution is -1.97. The zero-order valence-electron chi connectivity index (χ0n) is 7.31. The number of fused-ring (bicyclic) bond motifs is 1. The Balaban J connectivity index is 2.66. The van der Waals surface area contributed by atoms with Crippen LogP contribution in [0.1, 0.15) is 0 Å². The first-order valence-corrected chi connectivity index (χ1v) is 3.99. The summed E-state index contributed by atoms with van der Waals surface area (Å²) in [6.07, 6.45) is 5.18. The smallest absolute Gasteiger partial charge is 0.189 e. The molecule has 0 aliphatic carbocycles. The van der Waals surface area contributed by atoms with Gasteiger partial charge in [-0.3, -0.25) is 0 Å². The lowest BCUT2D eigenvalue weighted by atomic mass is 10.3. The van der Waals surface area contributed by atoms with Crippen LogP contribution in [0.2, 0.25) is 0 Å². The van der Waals surface area contributed by atoms with Gasteiger partial charge in [-0.25, -0.2) is 9.53 Å². The van der Waals surface area contributed by atoms with Gasteiger partial charge < -0.3 is 0 Å². The minimum Gasteiger partial charge on any atom is -0.238 e. The number of nitrogens with zero attached hydrogens (tertiary/aromatic N) is 4. The molecule has 4 nitrogen and oxygen atoms in total. The molecule has 66 valence electrons. The van der Waals surface area contributed by atoms with Crippen LogP contribution in [0.25, 0.3) is 15.9 Å². The Bertz CT molecular complexity index is 553. The van der Waals surface area contributed by atoms with Crippen molar-refractivity contribution in [1.29, 1.82) is 0 Å². The lowest BCUT2D eigenvalue weighted by Gasteiger charge is -1.95. The molecule has 0 saturated carbocycles. The van der Waals surface area contributed by atoms with Crippen molar-refractivity contribution < 1.29 is 0 Å². The zero-order chi connectivity index (χ0) is 9.97. The number of aromatic nitrogens is 3. The van der Waals surface area contributed by atoms with Gasteiger partial charge in [0.25, 0.3) is 0 Å². The molecule has 14 heavy (non-hydrogen) atoms. The first-order chi connectivity index (χ1) is 6.85.